The number of nitrogens with zero attached hydrogens (tertiary/aromatic N) is 2. The number of halogens is 1. The number of likely N-dealkylation sites (tertiary alicyclic amines) is 1. The minimum absolute atomic E-state index is 0.201. The Bertz CT molecular complexity index is 815. The Morgan fingerprint density at radius 3 is 2.46 bits per heavy atom. The van der Waals surface area contributed by atoms with Crippen molar-refractivity contribution in [3.8, 4) is 0 Å². The number of rotatable bonds is 2. The van der Waals surface area contributed by atoms with Crippen molar-refractivity contribution in [2.75, 3.05) is 18.4 Å². The summed E-state index contributed by atoms with van der Waals surface area (Å²) < 4.78 is 0. The van der Waals surface area contributed by atoms with Crippen LogP contribution in [-0.4, -0.2) is 34.4 Å². The topological polar surface area (TPSA) is 36.9 Å². The van der Waals surface area contributed by atoms with Crippen LogP contribution in [0.3, 0.4) is 0 Å². The standard InChI is InChI=1S/C20H20ClN3OS/c21-16-8-6-15(7-9-16)18-14-20(25-23-18)10-12-24(13-11-20)19(26)22-17-4-2-1-3-5-17/h1-9H,10-14H2,(H,22,26). The third-order valence-corrected chi connectivity index (χ3v) is 5.62. The predicted molar refractivity (Wildman–Crippen MR) is 110 cm³/mol. The van der Waals surface area contributed by atoms with E-state index in [0.29, 0.717) is 0 Å². The van der Waals surface area contributed by atoms with Crippen molar-refractivity contribution in [2.24, 2.45) is 5.16 Å². The summed E-state index contributed by atoms with van der Waals surface area (Å²) in [6.07, 6.45) is 2.65. The van der Waals surface area contributed by atoms with E-state index in [0.717, 1.165) is 59.4 Å². The molecular formula is C20H20ClN3OS. The predicted octanol–water partition coefficient (Wildman–Crippen LogP) is 4.70. The normalized spacial score (nSPS) is 18.3. The summed E-state index contributed by atoms with van der Waals surface area (Å²) in [5, 5.41) is 9.16. The fraction of sp³-hybridized carbons (Fsp3) is 0.300. The lowest BCUT2D eigenvalue weighted by molar-refractivity contribution is -0.0521. The Balaban J connectivity index is 1.34. The number of oxime groups is 1. The van der Waals surface area contributed by atoms with Gasteiger partial charge in [0.15, 0.2) is 5.11 Å². The summed E-state index contributed by atoms with van der Waals surface area (Å²) in [5.41, 5.74) is 2.90. The molecule has 4 nitrogen and oxygen atoms in total. The lowest BCUT2D eigenvalue weighted by Gasteiger charge is -2.38. The molecule has 2 aliphatic heterocycles. The van der Waals surface area contributed by atoms with E-state index in [-0.39, 0.29) is 5.60 Å². The highest BCUT2D eigenvalue weighted by molar-refractivity contribution is 7.80. The van der Waals surface area contributed by atoms with E-state index in [1.165, 1.54) is 0 Å². The molecule has 4 rings (SSSR count). The zero-order valence-corrected chi connectivity index (χ0v) is 15.9. The van der Waals surface area contributed by atoms with E-state index in [9.17, 15) is 0 Å². The smallest absolute Gasteiger partial charge is 0.173 e. The zero-order chi connectivity index (χ0) is 18.0. The molecule has 0 aromatic heterocycles. The summed E-state index contributed by atoms with van der Waals surface area (Å²) in [6, 6.07) is 17.8. The van der Waals surface area contributed by atoms with Crippen molar-refractivity contribution in [1.29, 1.82) is 0 Å². The Morgan fingerprint density at radius 1 is 1.08 bits per heavy atom. The van der Waals surface area contributed by atoms with Gasteiger partial charge in [-0.15, -0.1) is 0 Å². The molecule has 1 N–H and O–H groups in total. The molecule has 2 aromatic carbocycles. The number of thiocarbonyl (C=S) groups is 1. The molecule has 0 atom stereocenters. The SMILES string of the molecule is S=C(Nc1ccccc1)N1CCC2(CC1)CC(c1ccc(Cl)cc1)=NO2. The molecule has 26 heavy (non-hydrogen) atoms. The molecule has 1 saturated heterocycles. The van der Waals surface area contributed by atoms with E-state index in [1.807, 2.05) is 54.6 Å². The van der Waals surface area contributed by atoms with Crippen molar-refractivity contribution in [3.63, 3.8) is 0 Å². The molecule has 2 aromatic rings. The van der Waals surface area contributed by atoms with Gasteiger partial charge < -0.3 is 15.1 Å². The molecule has 0 unspecified atom stereocenters. The minimum Gasteiger partial charge on any atom is -0.388 e. The first-order valence-corrected chi connectivity index (χ1v) is 9.54. The van der Waals surface area contributed by atoms with Crippen molar-refractivity contribution in [1.82, 2.24) is 4.90 Å². The summed E-state index contributed by atoms with van der Waals surface area (Å²) in [6.45, 7) is 1.73. The average Bonchev–Trinajstić information content (AvgIpc) is 3.07. The third-order valence-electron chi connectivity index (χ3n) is 5.00. The van der Waals surface area contributed by atoms with E-state index in [2.05, 4.69) is 15.4 Å². The number of hydrogen-bond acceptors (Lipinski definition) is 3. The van der Waals surface area contributed by atoms with Crippen LogP contribution in [0, 0.1) is 0 Å². The van der Waals surface area contributed by atoms with Gasteiger partial charge in [-0.1, -0.05) is 47.1 Å². The summed E-state index contributed by atoms with van der Waals surface area (Å²) in [4.78, 5) is 8.10. The van der Waals surface area contributed by atoms with Crippen molar-refractivity contribution in [3.05, 3.63) is 65.2 Å². The van der Waals surface area contributed by atoms with Gasteiger partial charge in [-0.2, -0.15) is 0 Å². The van der Waals surface area contributed by atoms with Gasteiger partial charge in [0.2, 0.25) is 0 Å². The highest BCUT2D eigenvalue weighted by atomic mass is 35.5. The zero-order valence-electron chi connectivity index (χ0n) is 14.3. The Morgan fingerprint density at radius 2 is 1.77 bits per heavy atom. The lowest BCUT2D eigenvalue weighted by Crippen LogP contribution is -2.48. The van der Waals surface area contributed by atoms with Crippen molar-refractivity contribution in [2.45, 2.75) is 24.9 Å². The molecule has 134 valence electrons. The molecule has 0 bridgehead atoms. The van der Waals surface area contributed by atoms with Gasteiger partial charge in [-0.3, -0.25) is 0 Å². The first-order valence-electron chi connectivity index (χ1n) is 8.76. The number of para-hydroxylation sites is 1. The average molecular weight is 386 g/mol. The van der Waals surface area contributed by atoms with Crippen LogP contribution in [0.2, 0.25) is 5.02 Å². The molecule has 0 aliphatic carbocycles. The van der Waals surface area contributed by atoms with Gasteiger partial charge in [-0.25, -0.2) is 0 Å². The number of nitrogens with one attached hydrogen (secondary N) is 1. The maximum atomic E-state index is 5.97. The van der Waals surface area contributed by atoms with E-state index >= 15 is 0 Å². The Labute approximate surface area is 163 Å². The Kier molecular flexibility index (Phi) is 4.83. The van der Waals surface area contributed by atoms with E-state index < -0.39 is 0 Å². The maximum Gasteiger partial charge on any atom is 0.173 e. The molecule has 1 fully saturated rings. The molecule has 2 heterocycles. The third kappa shape index (κ3) is 3.69. The molecule has 0 amide bonds. The van der Waals surface area contributed by atoms with Crippen molar-refractivity contribution >= 4 is 40.3 Å². The van der Waals surface area contributed by atoms with Crippen LogP contribution in [0.4, 0.5) is 5.69 Å². The highest BCUT2D eigenvalue weighted by Gasteiger charge is 2.42. The summed E-state index contributed by atoms with van der Waals surface area (Å²) in [7, 11) is 0. The number of benzene rings is 2. The second kappa shape index (κ2) is 7.25. The fourth-order valence-corrected chi connectivity index (χ4v) is 3.85. The van der Waals surface area contributed by atoms with Gasteiger partial charge in [0.25, 0.3) is 0 Å². The van der Waals surface area contributed by atoms with Crippen LogP contribution < -0.4 is 5.32 Å². The van der Waals surface area contributed by atoms with Gasteiger partial charge >= 0.3 is 0 Å². The van der Waals surface area contributed by atoms with Gasteiger partial charge in [0.1, 0.15) is 5.60 Å². The van der Waals surface area contributed by atoms with Crippen LogP contribution in [0.1, 0.15) is 24.8 Å². The second-order valence-corrected chi connectivity index (χ2v) is 7.60. The first-order chi connectivity index (χ1) is 12.6. The monoisotopic (exact) mass is 385 g/mol. The minimum atomic E-state index is -0.201. The van der Waals surface area contributed by atoms with Gasteiger partial charge in [0, 0.05) is 43.1 Å². The molecule has 1 spiro atoms. The number of anilines is 1. The fourth-order valence-electron chi connectivity index (χ4n) is 3.43. The molecule has 2 aliphatic rings. The van der Waals surface area contributed by atoms with Gasteiger partial charge in [0.05, 0.1) is 5.71 Å². The Hall–Kier alpha value is -2.11. The van der Waals surface area contributed by atoms with Crippen LogP contribution in [0.5, 0.6) is 0 Å². The second-order valence-electron chi connectivity index (χ2n) is 6.78. The van der Waals surface area contributed by atoms with E-state index in [4.69, 9.17) is 28.7 Å². The summed E-state index contributed by atoms with van der Waals surface area (Å²) >= 11 is 11.5. The molecular weight excluding hydrogens is 366 g/mol. The lowest BCUT2D eigenvalue weighted by atomic mass is 9.85. The van der Waals surface area contributed by atoms with Crippen molar-refractivity contribution < 1.29 is 4.84 Å². The van der Waals surface area contributed by atoms with E-state index in [1.54, 1.807) is 0 Å². The van der Waals surface area contributed by atoms with Crippen LogP contribution >= 0.6 is 23.8 Å². The maximum absolute atomic E-state index is 5.97. The number of hydrogen-bond donors (Lipinski definition) is 1. The quantitative estimate of drug-likeness (QED) is 0.760. The molecule has 0 radical (unpaired) electrons. The van der Waals surface area contributed by atoms with Crippen LogP contribution in [0.25, 0.3) is 0 Å². The summed E-state index contributed by atoms with van der Waals surface area (Å²) in [5.74, 6) is 0. The number of piperidine rings is 1. The van der Waals surface area contributed by atoms with Crippen LogP contribution in [0.15, 0.2) is 59.8 Å². The highest BCUT2D eigenvalue weighted by Crippen LogP contribution is 2.36. The largest absolute Gasteiger partial charge is 0.388 e. The first kappa shape index (κ1) is 17.3. The molecule has 0 saturated carbocycles. The van der Waals surface area contributed by atoms with Crippen LogP contribution in [-0.2, 0) is 4.84 Å². The molecule has 6 heteroatoms. The van der Waals surface area contributed by atoms with Gasteiger partial charge in [-0.05, 0) is 42.0 Å².